The molecule has 0 unspecified atom stereocenters. The summed E-state index contributed by atoms with van der Waals surface area (Å²) in [5.41, 5.74) is 1.03. The molecule has 6 heteroatoms. The van der Waals surface area contributed by atoms with E-state index in [2.05, 4.69) is 20.9 Å². The molecule has 138 valence electrons. The van der Waals surface area contributed by atoms with E-state index in [0.29, 0.717) is 12.6 Å². The Morgan fingerprint density at radius 2 is 1.88 bits per heavy atom. The number of rotatable bonds is 7. The van der Waals surface area contributed by atoms with Crippen LogP contribution in [0.3, 0.4) is 0 Å². The lowest BCUT2D eigenvalue weighted by atomic mass is 9.96. The normalized spacial score (nSPS) is 15.5. The summed E-state index contributed by atoms with van der Waals surface area (Å²) in [5.74, 6) is 1.45. The zero-order valence-corrected chi connectivity index (χ0v) is 15.3. The third-order valence-corrected chi connectivity index (χ3v) is 4.32. The fourth-order valence-corrected chi connectivity index (χ4v) is 2.91. The van der Waals surface area contributed by atoms with Crippen molar-refractivity contribution in [3.8, 4) is 5.75 Å². The second kappa shape index (κ2) is 10.6. The largest absolute Gasteiger partial charge is 0.497 e. The monoisotopic (exact) mass is 346 g/mol. The van der Waals surface area contributed by atoms with Crippen molar-refractivity contribution >= 4 is 11.9 Å². The first-order valence-corrected chi connectivity index (χ1v) is 9.15. The number of hydrogen-bond donors (Lipinski definition) is 3. The van der Waals surface area contributed by atoms with Crippen LogP contribution in [0.25, 0.3) is 0 Å². The van der Waals surface area contributed by atoms with Crippen LogP contribution in [0, 0.1) is 0 Å². The molecule has 0 aliphatic heterocycles. The van der Waals surface area contributed by atoms with Crippen molar-refractivity contribution in [3.05, 3.63) is 29.8 Å². The number of carbonyl (C=O) groups is 1. The fraction of sp³-hybridized carbons (Fsp3) is 0.579. The highest BCUT2D eigenvalue weighted by Crippen LogP contribution is 2.17. The van der Waals surface area contributed by atoms with Crippen LogP contribution in [0.1, 0.15) is 44.6 Å². The summed E-state index contributed by atoms with van der Waals surface area (Å²) in [6.45, 7) is 3.43. The molecule has 0 bridgehead atoms. The first-order chi connectivity index (χ1) is 12.2. The zero-order chi connectivity index (χ0) is 17.9. The lowest BCUT2D eigenvalue weighted by Gasteiger charge is -2.24. The van der Waals surface area contributed by atoms with Gasteiger partial charge in [-0.2, -0.15) is 0 Å². The van der Waals surface area contributed by atoms with Crippen molar-refractivity contribution < 1.29 is 9.53 Å². The summed E-state index contributed by atoms with van der Waals surface area (Å²) in [5, 5.41) is 9.56. The van der Waals surface area contributed by atoms with E-state index in [-0.39, 0.29) is 12.5 Å². The van der Waals surface area contributed by atoms with Crippen molar-refractivity contribution in [3.63, 3.8) is 0 Å². The molecule has 0 radical (unpaired) electrons. The van der Waals surface area contributed by atoms with Gasteiger partial charge in [-0.05, 0) is 37.5 Å². The number of guanidine groups is 1. The number of nitrogens with one attached hydrogen (secondary N) is 3. The number of amides is 1. The molecule has 1 aromatic rings. The predicted octanol–water partition coefficient (Wildman–Crippen LogP) is 2.20. The molecule has 1 aliphatic rings. The summed E-state index contributed by atoms with van der Waals surface area (Å²) >= 11 is 0. The van der Waals surface area contributed by atoms with Crippen LogP contribution in [0.4, 0.5) is 0 Å². The maximum atomic E-state index is 12.0. The van der Waals surface area contributed by atoms with Gasteiger partial charge in [0, 0.05) is 19.1 Å². The highest BCUT2D eigenvalue weighted by molar-refractivity contribution is 5.85. The fourth-order valence-electron chi connectivity index (χ4n) is 2.91. The first-order valence-electron chi connectivity index (χ1n) is 9.15. The van der Waals surface area contributed by atoms with Gasteiger partial charge in [-0.25, -0.2) is 4.99 Å². The maximum Gasteiger partial charge on any atom is 0.242 e. The van der Waals surface area contributed by atoms with Crippen LogP contribution in [0.5, 0.6) is 5.75 Å². The summed E-state index contributed by atoms with van der Waals surface area (Å²) in [6.07, 6.45) is 6.20. The number of methoxy groups -OCH3 is 1. The smallest absolute Gasteiger partial charge is 0.242 e. The van der Waals surface area contributed by atoms with Crippen molar-refractivity contribution in [2.45, 2.75) is 51.6 Å². The van der Waals surface area contributed by atoms with Gasteiger partial charge in [0.25, 0.3) is 0 Å². The Labute approximate surface area is 150 Å². The predicted molar refractivity (Wildman–Crippen MR) is 101 cm³/mol. The second-order valence-electron chi connectivity index (χ2n) is 6.30. The standard InChI is InChI=1S/C19H30N4O2/c1-3-20-19(23-16-7-5-4-6-8-16)22-14-18(24)21-13-15-9-11-17(25-2)12-10-15/h9-12,16H,3-8,13-14H2,1-2H3,(H,21,24)(H2,20,22,23). The molecule has 1 amide bonds. The molecule has 0 saturated heterocycles. The van der Waals surface area contributed by atoms with Crippen molar-refractivity contribution in [2.24, 2.45) is 4.99 Å². The Balaban J connectivity index is 1.78. The van der Waals surface area contributed by atoms with Crippen LogP contribution in [-0.2, 0) is 11.3 Å². The lowest BCUT2D eigenvalue weighted by molar-refractivity contribution is -0.119. The Bertz CT molecular complexity index is 551. The van der Waals surface area contributed by atoms with E-state index in [1.807, 2.05) is 31.2 Å². The van der Waals surface area contributed by atoms with Crippen molar-refractivity contribution in [1.29, 1.82) is 0 Å². The maximum absolute atomic E-state index is 12.0. The van der Waals surface area contributed by atoms with E-state index < -0.39 is 0 Å². The summed E-state index contributed by atoms with van der Waals surface area (Å²) in [7, 11) is 1.64. The van der Waals surface area contributed by atoms with Gasteiger partial charge in [0.15, 0.2) is 5.96 Å². The molecule has 0 heterocycles. The van der Waals surface area contributed by atoms with E-state index in [9.17, 15) is 4.79 Å². The van der Waals surface area contributed by atoms with E-state index >= 15 is 0 Å². The molecule has 1 saturated carbocycles. The van der Waals surface area contributed by atoms with Gasteiger partial charge in [-0.1, -0.05) is 31.4 Å². The van der Waals surface area contributed by atoms with Gasteiger partial charge in [0.2, 0.25) is 5.91 Å². The number of nitrogens with zero attached hydrogens (tertiary/aromatic N) is 1. The van der Waals surface area contributed by atoms with E-state index in [1.54, 1.807) is 7.11 Å². The third kappa shape index (κ3) is 7.03. The van der Waals surface area contributed by atoms with Gasteiger partial charge >= 0.3 is 0 Å². The molecular weight excluding hydrogens is 316 g/mol. The number of benzene rings is 1. The van der Waals surface area contributed by atoms with Crippen LogP contribution in [0.15, 0.2) is 29.3 Å². The molecule has 2 rings (SSSR count). The molecule has 0 atom stereocenters. The van der Waals surface area contributed by atoms with Crippen molar-refractivity contribution in [1.82, 2.24) is 16.0 Å². The van der Waals surface area contributed by atoms with E-state index in [1.165, 1.54) is 32.1 Å². The second-order valence-corrected chi connectivity index (χ2v) is 6.30. The van der Waals surface area contributed by atoms with Gasteiger partial charge in [0.1, 0.15) is 12.3 Å². The average molecular weight is 346 g/mol. The Kier molecular flexibility index (Phi) is 8.09. The highest BCUT2D eigenvalue weighted by atomic mass is 16.5. The topological polar surface area (TPSA) is 74.8 Å². The van der Waals surface area contributed by atoms with E-state index in [4.69, 9.17) is 4.74 Å². The summed E-state index contributed by atoms with van der Waals surface area (Å²) in [4.78, 5) is 16.5. The summed E-state index contributed by atoms with van der Waals surface area (Å²) in [6, 6.07) is 8.12. The molecule has 0 spiro atoms. The molecule has 1 aromatic carbocycles. The first kappa shape index (κ1) is 19.1. The number of hydrogen-bond acceptors (Lipinski definition) is 3. The van der Waals surface area contributed by atoms with E-state index in [0.717, 1.165) is 23.8 Å². The van der Waals surface area contributed by atoms with Gasteiger partial charge in [-0.3, -0.25) is 4.79 Å². The SMILES string of the molecule is CCNC(=NCC(=O)NCc1ccc(OC)cc1)NC1CCCCC1. The van der Waals surface area contributed by atoms with Gasteiger partial charge in [-0.15, -0.1) is 0 Å². The molecule has 3 N–H and O–H groups in total. The Morgan fingerprint density at radius 1 is 1.16 bits per heavy atom. The van der Waals surface area contributed by atoms with Crippen LogP contribution < -0.4 is 20.7 Å². The van der Waals surface area contributed by atoms with Crippen LogP contribution >= 0.6 is 0 Å². The van der Waals surface area contributed by atoms with Crippen LogP contribution in [-0.4, -0.2) is 38.1 Å². The molecule has 1 aliphatic carbocycles. The average Bonchev–Trinajstić information content (AvgIpc) is 2.66. The van der Waals surface area contributed by atoms with Gasteiger partial charge < -0.3 is 20.7 Å². The number of aliphatic imine (C=N–C) groups is 1. The zero-order valence-electron chi connectivity index (χ0n) is 15.3. The Morgan fingerprint density at radius 3 is 2.52 bits per heavy atom. The van der Waals surface area contributed by atoms with Crippen LogP contribution in [0.2, 0.25) is 0 Å². The van der Waals surface area contributed by atoms with Gasteiger partial charge in [0.05, 0.1) is 7.11 Å². The molecular formula is C19H30N4O2. The minimum Gasteiger partial charge on any atom is -0.497 e. The highest BCUT2D eigenvalue weighted by Gasteiger charge is 2.14. The molecule has 25 heavy (non-hydrogen) atoms. The lowest BCUT2D eigenvalue weighted by Crippen LogP contribution is -2.44. The Hall–Kier alpha value is -2.24. The minimum atomic E-state index is -0.0864. The number of ether oxygens (including phenoxy) is 1. The summed E-state index contributed by atoms with van der Waals surface area (Å²) < 4.78 is 5.13. The molecule has 0 aromatic heterocycles. The third-order valence-electron chi connectivity index (χ3n) is 4.32. The van der Waals surface area contributed by atoms with Crippen molar-refractivity contribution in [2.75, 3.05) is 20.2 Å². The molecule has 6 nitrogen and oxygen atoms in total. The minimum absolute atomic E-state index is 0.0864. The number of carbonyl (C=O) groups excluding carboxylic acids is 1. The molecule has 1 fully saturated rings. The quantitative estimate of drug-likeness (QED) is 0.523.